The van der Waals surface area contributed by atoms with Crippen molar-refractivity contribution in [3.05, 3.63) is 54.1 Å². The van der Waals surface area contributed by atoms with Gasteiger partial charge in [-0.2, -0.15) is 4.31 Å². The van der Waals surface area contributed by atoms with Crippen molar-refractivity contribution in [1.29, 1.82) is 0 Å². The van der Waals surface area contributed by atoms with Gasteiger partial charge < -0.3 is 44.7 Å². The predicted octanol–water partition coefficient (Wildman–Crippen LogP) is 3.16. The first kappa shape index (κ1) is 37.1. The zero-order valence-electron chi connectivity index (χ0n) is 28.3. The fraction of sp³-hybridized carbons (Fsp3) is 0.588. The lowest BCUT2D eigenvalue weighted by Crippen LogP contribution is -2.52. The summed E-state index contributed by atoms with van der Waals surface area (Å²) < 4.78 is 57.7. The number of rotatable bonds is 16. The van der Waals surface area contributed by atoms with E-state index in [0.717, 1.165) is 24.9 Å². The van der Waals surface area contributed by atoms with Crippen LogP contribution in [0.2, 0.25) is 0 Å². The Bertz CT molecular complexity index is 1530. The van der Waals surface area contributed by atoms with Crippen LogP contribution in [0.25, 0.3) is 0 Å². The molecule has 0 aliphatic carbocycles. The minimum atomic E-state index is -4.16. The molecule has 49 heavy (non-hydrogen) atoms. The molecule has 2 aromatic carbocycles. The summed E-state index contributed by atoms with van der Waals surface area (Å²) in [6, 6.07) is 13.0. The second-order valence-corrected chi connectivity index (χ2v) is 15.7. The molecule has 2 aromatic rings. The molecule has 3 aliphatic heterocycles. The van der Waals surface area contributed by atoms with Crippen LogP contribution >= 0.6 is 12.2 Å². The number of nitrogens with one attached hydrogen (secondary N) is 3. The number of ether oxygens (including phenoxy) is 5. The first-order valence-corrected chi connectivity index (χ1v) is 18.6. The van der Waals surface area contributed by atoms with E-state index in [4.69, 9.17) is 35.9 Å². The number of benzene rings is 2. The lowest BCUT2D eigenvalue weighted by molar-refractivity contribution is -0.0907. The van der Waals surface area contributed by atoms with Gasteiger partial charge in [-0.15, -0.1) is 0 Å². The van der Waals surface area contributed by atoms with Crippen LogP contribution in [0.15, 0.2) is 53.4 Å². The zero-order chi connectivity index (χ0) is 35.0. The SMILES string of the molecule is CCCNC(=S)NCCC(C)(C)CN(C[C@@H](O)[C@H](Cc1ccccc1)NC(=O)O[C@H]1CO[C@H]2OCC[C@H]21)S(=O)(=O)c1ccc2c(c1)OCO2. The number of alkyl carbamates (subject to hydrolysis) is 1. The highest BCUT2D eigenvalue weighted by Gasteiger charge is 2.44. The molecule has 4 N–H and O–H groups in total. The van der Waals surface area contributed by atoms with Crippen molar-refractivity contribution >= 4 is 33.4 Å². The van der Waals surface area contributed by atoms with Gasteiger partial charge in [-0.1, -0.05) is 51.1 Å². The Morgan fingerprint density at radius 2 is 1.86 bits per heavy atom. The summed E-state index contributed by atoms with van der Waals surface area (Å²) >= 11 is 5.36. The maximum absolute atomic E-state index is 14.3. The third kappa shape index (κ3) is 9.95. The van der Waals surface area contributed by atoms with Crippen LogP contribution in [-0.4, -0.2) is 99.8 Å². The molecule has 2 fully saturated rings. The van der Waals surface area contributed by atoms with Crippen LogP contribution < -0.4 is 25.4 Å². The third-order valence-corrected chi connectivity index (χ3v) is 11.0. The normalized spacial score (nSPS) is 21.2. The second-order valence-electron chi connectivity index (χ2n) is 13.4. The number of fused-ring (bicyclic) bond motifs is 2. The van der Waals surface area contributed by atoms with Gasteiger partial charge in [0.1, 0.15) is 6.10 Å². The molecule has 0 spiro atoms. The highest BCUT2D eigenvalue weighted by atomic mass is 32.2. The lowest BCUT2D eigenvalue weighted by Gasteiger charge is -2.35. The van der Waals surface area contributed by atoms with E-state index in [0.29, 0.717) is 36.2 Å². The highest BCUT2D eigenvalue weighted by Crippen LogP contribution is 2.36. The minimum absolute atomic E-state index is 0.000609. The van der Waals surface area contributed by atoms with E-state index in [1.807, 2.05) is 44.2 Å². The molecule has 0 bridgehead atoms. The first-order valence-electron chi connectivity index (χ1n) is 16.8. The summed E-state index contributed by atoms with van der Waals surface area (Å²) in [6.45, 7) is 7.79. The van der Waals surface area contributed by atoms with Crippen molar-refractivity contribution < 1.29 is 42.0 Å². The van der Waals surface area contributed by atoms with Crippen LogP contribution in [0, 0.1) is 11.3 Å². The highest BCUT2D eigenvalue weighted by molar-refractivity contribution is 7.89. The Morgan fingerprint density at radius 3 is 2.63 bits per heavy atom. The maximum atomic E-state index is 14.3. The van der Waals surface area contributed by atoms with Gasteiger partial charge >= 0.3 is 6.09 Å². The number of aliphatic hydroxyl groups excluding tert-OH is 1. The van der Waals surface area contributed by atoms with E-state index >= 15 is 0 Å². The van der Waals surface area contributed by atoms with Crippen LogP contribution in [0.3, 0.4) is 0 Å². The molecule has 15 heteroatoms. The van der Waals surface area contributed by atoms with Crippen LogP contribution in [0.4, 0.5) is 4.79 Å². The van der Waals surface area contributed by atoms with Gasteiger partial charge in [-0.25, -0.2) is 13.2 Å². The number of sulfonamides is 1. The van der Waals surface area contributed by atoms with Gasteiger partial charge in [0.25, 0.3) is 0 Å². The molecule has 2 saturated heterocycles. The fourth-order valence-corrected chi connectivity index (χ4v) is 8.03. The number of nitrogens with zero attached hydrogens (tertiary/aromatic N) is 1. The average Bonchev–Trinajstić information content (AvgIpc) is 3.82. The Balaban J connectivity index is 1.35. The average molecular weight is 721 g/mol. The number of amides is 1. The molecule has 5 rings (SSSR count). The molecule has 0 saturated carbocycles. The largest absolute Gasteiger partial charge is 0.454 e. The molecular weight excluding hydrogens is 673 g/mol. The monoisotopic (exact) mass is 720 g/mol. The van der Waals surface area contributed by atoms with Crippen molar-refractivity contribution in [2.24, 2.45) is 11.3 Å². The van der Waals surface area contributed by atoms with E-state index in [-0.39, 0.29) is 50.0 Å². The van der Waals surface area contributed by atoms with Crippen molar-refractivity contribution in [3.8, 4) is 11.5 Å². The van der Waals surface area contributed by atoms with E-state index in [2.05, 4.69) is 22.9 Å². The lowest BCUT2D eigenvalue weighted by atomic mass is 9.89. The number of thiocarbonyl (C=S) groups is 1. The molecule has 0 unspecified atom stereocenters. The topological polar surface area (TPSA) is 157 Å². The van der Waals surface area contributed by atoms with E-state index in [1.54, 1.807) is 6.07 Å². The molecular formula is C34H48N4O9S2. The Hall–Kier alpha value is -3.21. The summed E-state index contributed by atoms with van der Waals surface area (Å²) in [5, 5.41) is 21.5. The van der Waals surface area contributed by atoms with Crippen molar-refractivity contribution in [1.82, 2.24) is 20.3 Å². The Labute approximate surface area is 294 Å². The van der Waals surface area contributed by atoms with Gasteiger partial charge in [-0.05, 0) is 61.0 Å². The van der Waals surface area contributed by atoms with Crippen LogP contribution in [0.1, 0.15) is 45.6 Å². The third-order valence-electron chi connectivity index (χ3n) is 8.91. The number of carbonyl (C=O) groups is 1. The number of carbonyl (C=O) groups excluding carboxylic acids is 1. The van der Waals surface area contributed by atoms with Gasteiger partial charge in [0.2, 0.25) is 16.8 Å². The number of hydrogen-bond donors (Lipinski definition) is 4. The molecule has 3 heterocycles. The smallest absolute Gasteiger partial charge is 0.407 e. The first-order chi connectivity index (χ1) is 23.4. The van der Waals surface area contributed by atoms with Gasteiger partial charge in [-0.3, -0.25) is 0 Å². The predicted molar refractivity (Wildman–Crippen MR) is 186 cm³/mol. The second kappa shape index (κ2) is 16.7. The van der Waals surface area contributed by atoms with E-state index in [9.17, 15) is 18.3 Å². The molecule has 5 atom stereocenters. The molecule has 0 radical (unpaired) electrons. The molecule has 0 aromatic heterocycles. The van der Waals surface area contributed by atoms with E-state index in [1.165, 1.54) is 16.4 Å². The quantitative estimate of drug-likeness (QED) is 0.188. The van der Waals surface area contributed by atoms with Gasteiger partial charge in [0.15, 0.2) is 22.9 Å². The summed E-state index contributed by atoms with van der Waals surface area (Å²) in [7, 11) is -4.16. The summed E-state index contributed by atoms with van der Waals surface area (Å²) in [5.74, 6) is 0.729. The standard InChI is InChI=1S/C34H48N4O9S2/c1-4-14-35-32(48)36-15-13-34(2,3)21-38(49(41,42)24-10-11-28-29(18-24)46-22-45-28)19-27(39)26(17-23-8-6-5-7-9-23)37-33(40)47-30-20-44-31-25(30)12-16-43-31/h5-11,18,25-27,30-31,39H,4,12-17,19-22H2,1-3H3,(H,37,40)(H2,35,36,48)/t25-,26-,27+,30-,31+/m0/s1. The Morgan fingerprint density at radius 1 is 1.10 bits per heavy atom. The molecule has 270 valence electrons. The fourth-order valence-electron chi connectivity index (χ4n) is 6.16. The van der Waals surface area contributed by atoms with Crippen molar-refractivity contribution in [2.75, 3.05) is 46.2 Å². The maximum Gasteiger partial charge on any atom is 0.407 e. The molecule has 1 amide bonds. The van der Waals surface area contributed by atoms with Crippen LogP contribution in [0.5, 0.6) is 11.5 Å². The summed E-state index contributed by atoms with van der Waals surface area (Å²) in [5.41, 5.74) is 0.310. The van der Waals surface area contributed by atoms with Crippen molar-refractivity contribution in [3.63, 3.8) is 0 Å². The molecule has 3 aliphatic rings. The zero-order valence-corrected chi connectivity index (χ0v) is 29.9. The minimum Gasteiger partial charge on any atom is -0.454 e. The van der Waals surface area contributed by atoms with Crippen molar-refractivity contribution in [2.45, 2.75) is 75.9 Å². The summed E-state index contributed by atoms with van der Waals surface area (Å²) in [6.07, 6.45) is -0.421. The Kier molecular flexibility index (Phi) is 12.6. The number of hydrogen-bond acceptors (Lipinski definition) is 10. The van der Waals surface area contributed by atoms with Gasteiger partial charge in [0, 0.05) is 32.2 Å². The molecule has 13 nitrogen and oxygen atoms in total. The number of aliphatic hydroxyl groups is 1. The van der Waals surface area contributed by atoms with E-state index < -0.39 is 39.8 Å². The van der Waals surface area contributed by atoms with Crippen LogP contribution in [-0.2, 0) is 30.7 Å². The van der Waals surface area contributed by atoms with Gasteiger partial charge in [0.05, 0.1) is 36.2 Å². The summed E-state index contributed by atoms with van der Waals surface area (Å²) in [4.78, 5) is 13.3.